The number of hydrogen-bond donors (Lipinski definition) is 1. The van der Waals surface area contributed by atoms with Crippen molar-refractivity contribution in [3.05, 3.63) is 64.1 Å². The molecule has 3 heteroatoms. The summed E-state index contributed by atoms with van der Waals surface area (Å²) in [5, 5.41) is 3.41. The third kappa shape index (κ3) is 4.58. The molecule has 2 aromatic carbocycles. The predicted octanol–water partition coefficient (Wildman–Crippen LogP) is 4.54. The van der Waals surface area contributed by atoms with Crippen molar-refractivity contribution in [1.82, 2.24) is 5.32 Å². The predicted molar refractivity (Wildman–Crippen MR) is 95.0 cm³/mol. The maximum Gasteiger partial charge on any atom is 0.0363 e. The van der Waals surface area contributed by atoms with E-state index in [0.29, 0.717) is 6.04 Å². The Bertz CT molecular complexity index is 548. The molecule has 0 saturated heterocycles. The van der Waals surface area contributed by atoms with Crippen LogP contribution >= 0.6 is 15.9 Å². The zero-order chi connectivity index (χ0) is 15.2. The second kappa shape index (κ2) is 7.62. The van der Waals surface area contributed by atoms with Crippen molar-refractivity contribution in [2.24, 2.45) is 0 Å². The van der Waals surface area contributed by atoms with Gasteiger partial charge in [-0.15, -0.1) is 0 Å². The Labute approximate surface area is 136 Å². The van der Waals surface area contributed by atoms with E-state index in [1.807, 2.05) is 7.05 Å². The van der Waals surface area contributed by atoms with E-state index in [9.17, 15) is 0 Å². The van der Waals surface area contributed by atoms with Gasteiger partial charge in [0.15, 0.2) is 0 Å². The van der Waals surface area contributed by atoms with E-state index in [1.54, 1.807) is 0 Å². The largest absolute Gasteiger partial charge is 0.375 e. The Morgan fingerprint density at radius 2 is 1.67 bits per heavy atom. The van der Waals surface area contributed by atoms with Crippen LogP contribution in [0.1, 0.15) is 23.6 Å². The lowest BCUT2D eigenvalue weighted by Gasteiger charge is -2.23. The first-order chi connectivity index (χ1) is 10.1. The molecule has 0 heterocycles. The summed E-state index contributed by atoms with van der Waals surface area (Å²) < 4.78 is 1.12. The molecule has 21 heavy (non-hydrogen) atoms. The molecular formula is C18H23BrN2. The maximum absolute atomic E-state index is 3.49. The lowest BCUT2D eigenvalue weighted by molar-refractivity contribution is 0.549. The van der Waals surface area contributed by atoms with Crippen LogP contribution in [0.25, 0.3) is 0 Å². The number of halogens is 1. The quantitative estimate of drug-likeness (QED) is 0.825. The monoisotopic (exact) mass is 346 g/mol. The van der Waals surface area contributed by atoms with E-state index in [2.05, 4.69) is 88.6 Å². The molecule has 1 unspecified atom stereocenters. The summed E-state index contributed by atoms with van der Waals surface area (Å²) in [5.74, 6) is 0. The number of benzene rings is 2. The molecular weight excluding hydrogens is 324 g/mol. The first-order valence-electron chi connectivity index (χ1n) is 7.30. The van der Waals surface area contributed by atoms with Crippen LogP contribution in [-0.2, 0) is 0 Å². The third-order valence-electron chi connectivity index (χ3n) is 3.85. The molecule has 2 rings (SSSR count). The van der Waals surface area contributed by atoms with E-state index in [-0.39, 0.29) is 0 Å². The lowest BCUT2D eigenvalue weighted by Crippen LogP contribution is -2.25. The Hall–Kier alpha value is -1.32. The highest BCUT2D eigenvalue weighted by molar-refractivity contribution is 9.10. The third-order valence-corrected chi connectivity index (χ3v) is 4.38. The molecule has 0 bridgehead atoms. The molecule has 0 radical (unpaired) electrons. The smallest absolute Gasteiger partial charge is 0.0363 e. The number of nitrogens with zero attached hydrogens (tertiary/aromatic N) is 1. The Morgan fingerprint density at radius 3 is 2.24 bits per heavy atom. The average Bonchev–Trinajstić information content (AvgIpc) is 2.50. The Morgan fingerprint density at radius 1 is 1.05 bits per heavy atom. The van der Waals surface area contributed by atoms with Gasteiger partial charge in [0.1, 0.15) is 0 Å². The zero-order valence-corrected chi connectivity index (χ0v) is 14.5. The summed E-state index contributed by atoms with van der Waals surface area (Å²) in [6.45, 7) is 3.14. The lowest BCUT2D eigenvalue weighted by atomic mass is 10.0. The summed E-state index contributed by atoms with van der Waals surface area (Å²) in [5.41, 5.74) is 3.90. The van der Waals surface area contributed by atoms with Crippen molar-refractivity contribution in [1.29, 1.82) is 0 Å². The summed E-state index contributed by atoms with van der Waals surface area (Å²) in [7, 11) is 4.18. The van der Waals surface area contributed by atoms with E-state index in [4.69, 9.17) is 0 Å². The van der Waals surface area contributed by atoms with Crippen molar-refractivity contribution in [2.75, 3.05) is 25.5 Å². The van der Waals surface area contributed by atoms with Gasteiger partial charge in [0.25, 0.3) is 0 Å². The van der Waals surface area contributed by atoms with Gasteiger partial charge in [0, 0.05) is 29.8 Å². The highest BCUT2D eigenvalue weighted by atomic mass is 79.9. The van der Waals surface area contributed by atoms with Gasteiger partial charge in [-0.25, -0.2) is 0 Å². The van der Waals surface area contributed by atoms with Gasteiger partial charge in [-0.1, -0.05) is 45.8 Å². The molecule has 2 nitrogen and oxygen atoms in total. The second-order valence-corrected chi connectivity index (χ2v) is 6.35. The fraction of sp³-hybridized carbons (Fsp3) is 0.333. The van der Waals surface area contributed by atoms with Gasteiger partial charge in [-0.2, -0.15) is 0 Å². The SMILES string of the molecule is CNC(CCN(C)c1ccc(C)cc1)c1ccc(Br)cc1. The van der Waals surface area contributed by atoms with Crippen LogP contribution in [0.5, 0.6) is 0 Å². The molecule has 0 aromatic heterocycles. The van der Waals surface area contributed by atoms with Gasteiger partial charge in [-0.3, -0.25) is 0 Å². The minimum Gasteiger partial charge on any atom is -0.375 e. The zero-order valence-electron chi connectivity index (χ0n) is 12.9. The minimum absolute atomic E-state index is 0.381. The van der Waals surface area contributed by atoms with Gasteiger partial charge >= 0.3 is 0 Å². The normalized spacial score (nSPS) is 12.2. The summed E-state index contributed by atoms with van der Waals surface area (Å²) >= 11 is 3.49. The molecule has 0 spiro atoms. The van der Waals surface area contributed by atoms with Gasteiger partial charge in [0.2, 0.25) is 0 Å². The highest BCUT2D eigenvalue weighted by Crippen LogP contribution is 2.21. The van der Waals surface area contributed by atoms with Gasteiger partial charge in [0.05, 0.1) is 0 Å². The topological polar surface area (TPSA) is 15.3 Å². The molecule has 1 N–H and O–H groups in total. The average molecular weight is 347 g/mol. The fourth-order valence-corrected chi connectivity index (χ4v) is 2.69. The van der Waals surface area contributed by atoms with Crippen LogP contribution in [0.3, 0.4) is 0 Å². The van der Waals surface area contributed by atoms with Gasteiger partial charge in [-0.05, 0) is 50.2 Å². The van der Waals surface area contributed by atoms with Crippen molar-refractivity contribution in [3.63, 3.8) is 0 Å². The summed E-state index contributed by atoms with van der Waals surface area (Å²) in [4.78, 5) is 2.31. The summed E-state index contributed by atoms with van der Waals surface area (Å²) in [6, 6.07) is 17.6. The van der Waals surface area contributed by atoms with E-state index < -0.39 is 0 Å². The molecule has 0 aliphatic heterocycles. The number of rotatable bonds is 6. The van der Waals surface area contributed by atoms with Crippen LogP contribution in [0.2, 0.25) is 0 Å². The van der Waals surface area contributed by atoms with Crippen molar-refractivity contribution in [2.45, 2.75) is 19.4 Å². The van der Waals surface area contributed by atoms with Crippen LogP contribution in [-0.4, -0.2) is 20.6 Å². The van der Waals surface area contributed by atoms with Crippen molar-refractivity contribution < 1.29 is 0 Å². The van der Waals surface area contributed by atoms with E-state index in [0.717, 1.165) is 17.4 Å². The number of nitrogens with one attached hydrogen (secondary N) is 1. The molecule has 2 aromatic rings. The Balaban J connectivity index is 1.96. The second-order valence-electron chi connectivity index (χ2n) is 5.44. The van der Waals surface area contributed by atoms with Gasteiger partial charge < -0.3 is 10.2 Å². The standard InChI is InChI=1S/C18H23BrN2/c1-14-4-10-17(11-5-14)21(3)13-12-18(20-2)15-6-8-16(19)9-7-15/h4-11,18,20H,12-13H2,1-3H3. The van der Waals surface area contributed by atoms with Crippen LogP contribution in [0, 0.1) is 6.92 Å². The Kier molecular flexibility index (Phi) is 5.83. The molecule has 112 valence electrons. The van der Waals surface area contributed by atoms with Crippen LogP contribution in [0.4, 0.5) is 5.69 Å². The molecule has 0 aliphatic carbocycles. The van der Waals surface area contributed by atoms with Crippen LogP contribution < -0.4 is 10.2 Å². The molecule has 0 amide bonds. The van der Waals surface area contributed by atoms with Crippen LogP contribution in [0.15, 0.2) is 53.0 Å². The fourth-order valence-electron chi connectivity index (χ4n) is 2.42. The van der Waals surface area contributed by atoms with E-state index in [1.165, 1.54) is 16.8 Å². The maximum atomic E-state index is 3.49. The molecule has 1 atom stereocenters. The first-order valence-corrected chi connectivity index (χ1v) is 8.10. The van der Waals surface area contributed by atoms with Crippen molar-refractivity contribution in [3.8, 4) is 0 Å². The molecule has 0 aliphatic rings. The van der Waals surface area contributed by atoms with E-state index >= 15 is 0 Å². The molecule has 0 fully saturated rings. The highest BCUT2D eigenvalue weighted by Gasteiger charge is 2.10. The number of hydrogen-bond acceptors (Lipinski definition) is 2. The summed E-state index contributed by atoms with van der Waals surface area (Å²) in [6.07, 6.45) is 1.07. The van der Waals surface area contributed by atoms with Crippen molar-refractivity contribution >= 4 is 21.6 Å². The minimum atomic E-state index is 0.381. The first kappa shape index (κ1) is 16.1. The molecule has 0 saturated carbocycles. The number of anilines is 1. The number of aryl methyl sites for hydroxylation is 1.